The molecule has 1 amide bonds. The summed E-state index contributed by atoms with van der Waals surface area (Å²) in [7, 11) is 1.49. The van der Waals surface area contributed by atoms with Crippen LogP contribution >= 0.6 is 11.5 Å². The summed E-state index contributed by atoms with van der Waals surface area (Å²) in [5, 5.41) is 14.1. The average molecular weight is 430 g/mol. The molecule has 5 rings (SSSR count). The molecule has 1 aromatic heterocycles. The van der Waals surface area contributed by atoms with Crippen LogP contribution in [0.15, 0.2) is 12.1 Å². The monoisotopic (exact) mass is 430 g/mol. The van der Waals surface area contributed by atoms with Crippen molar-refractivity contribution in [2.75, 3.05) is 32.1 Å². The molecule has 1 saturated carbocycles. The van der Waals surface area contributed by atoms with Crippen LogP contribution in [0, 0.1) is 24.7 Å². The Morgan fingerprint density at radius 1 is 1.43 bits per heavy atom. The van der Waals surface area contributed by atoms with Crippen molar-refractivity contribution < 1.29 is 24.2 Å². The van der Waals surface area contributed by atoms with Gasteiger partial charge in [-0.05, 0) is 36.0 Å². The number of aliphatic hydroxyl groups excluding tert-OH is 1. The van der Waals surface area contributed by atoms with Crippen LogP contribution in [0.1, 0.15) is 33.2 Å². The standard InChI is InChI=1S/C20H22N4O5S/c1-9-10(3-4-11-14(9)8-29-18(11)27)15(25)7-24-5-12-13(6-24)16(12)17(26)21-20-22-19(28-2)23-30-20/h3-4,12-13,15-16,25H,5-8H2,1-2H3,(H,21,22,23,26)/t12?,13?,15-,16?/m0/s1. The second-order valence-electron chi connectivity index (χ2n) is 8.05. The largest absolute Gasteiger partial charge is 0.466 e. The lowest BCUT2D eigenvalue weighted by Gasteiger charge is -2.24. The van der Waals surface area contributed by atoms with Crippen molar-refractivity contribution in [2.45, 2.75) is 19.6 Å². The van der Waals surface area contributed by atoms with Crippen LogP contribution < -0.4 is 10.1 Å². The van der Waals surface area contributed by atoms with Crippen molar-refractivity contribution in [3.8, 4) is 6.01 Å². The topological polar surface area (TPSA) is 114 Å². The SMILES string of the molecule is COc1nsc(NC(=O)C2C3CN(C[C@H](O)c4ccc5c(c4C)COC5=O)CC32)n1. The van der Waals surface area contributed by atoms with Gasteiger partial charge in [-0.15, -0.1) is 4.37 Å². The number of nitrogens with zero attached hydrogens (tertiary/aromatic N) is 3. The lowest BCUT2D eigenvalue weighted by Crippen LogP contribution is -2.32. The number of ether oxygens (including phenoxy) is 2. The second-order valence-corrected chi connectivity index (χ2v) is 8.80. The van der Waals surface area contributed by atoms with E-state index in [4.69, 9.17) is 9.47 Å². The van der Waals surface area contributed by atoms with Crippen molar-refractivity contribution in [3.05, 3.63) is 34.4 Å². The molecule has 1 aliphatic carbocycles. The number of fused-ring (bicyclic) bond motifs is 2. The van der Waals surface area contributed by atoms with E-state index >= 15 is 0 Å². The van der Waals surface area contributed by atoms with Gasteiger partial charge < -0.3 is 19.9 Å². The average Bonchev–Trinajstić information content (AvgIpc) is 3.11. The Kier molecular flexibility index (Phi) is 4.72. The Morgan fingerprint density at radius 2 is 2.20 bits per heavy atom. The lowest BCUT2D eigenvalue weighted by molar-refractivity contribution is -0.118. The fraction of sp³-hybridized carbons (Fsp3) is 0.500. The first-order chi connectivity index (χ1) is 14.5. The molecule has 1 aromatic carbocycles. The van der Waals surface area contributed by atoms with Crippen LogP contribution in [0.25, 0.3) is 0 Å². The van der Waals surface area contributed by atoms with Crippen LogP contribution in [-0.2, 0) is 16.1 Å². The van der Waals surface area contributed by atoms with Crippen molar-refractivity contribution >= 4 is 28.5 Å². The van der Waals surface area contributed by atoms with Crippen molar-refractivity contribution in [1.29, 1.82) is 0 Å². The van der Waals surface area contributed by atoms with Gasteiger partial charge >= 0.3 is 12.0 Å². The zero-order valence-electron chi connectivity index (χ0n) is 16.6. The number of rotatable bonds is 6. The molecule has 0 spiro atoms. The molecule has 30 heavy (non-hydrogen) atoms. The third kappa shape index (κ3) is 3.24. The molecule has 3 atom stereocenters. The Morgan fingerprint density at radius 3 is 2.90 bits per heavy atom. The van der Waals surface area contributed by atoms with E-state index in [1.165, 1.54) is 7.11 Å². The number of piperidine rings is 1. The highest BCUT2D eigenvalue weighted by Gasteiger charge is 2.59. The summed E-state index contributed by atoms with van der Waals surface area (Å²) in [6, 6.07) is 3.80. The Bertz CT molecular complexity index is 1010. The summed E-state index contributed by atoms with van der Waals surface area (Å²) in [6.45, 7) is 4.26. The van der Waals surface area contributed by atoms with Crippen LogP contribution in [-0.4, -0.2) is 58.0 Å². The number of cyclic esters (lactones) is 1. The van der Waals surface area contributed by atoms with E-state index < -0.39 is 6.10 Å². The van der Waals surface area contributed by atoms with Crippen LogP contribution in [0.2, 0.25) is 0 Å². The molecule has 0 radical (unpaired) electrons. The van der Waals surface area contributed by atoms with Crippen molar-refractivity contribution in [2.24, 2.45) is 17.8 Å². The Hall–Kier alpha value is -2.56. The molecule has 158 valence electrons. The number of methoxy groups -OCH3 is 1. The fourth-order valence-corrected chi connectivity index (χ4v) is 5.30. The predicted octanol–water partition coefficient (Wildman–Crippen LogP) is 1.38. The zero-order valence-corrected chi connectivity index (χ0v) is 17.4. The van der Waals surface area contributed by atoms with Crippen molar-refractivity contribution in [1.82, 2.24) is 14.3 Å². The molecule has 1 saturated heterocycles. The van der Waals surface area contributed by atoms with Gasteiger partial charge in [-0.3, -0.25) is 9.69 Å². The highest BCUT2D eigenvalue weighted by Crippen LogP contribution is 2.52. The van der Waals surface area contributed by atoms with Gasteiger partial charge in [0, 0.05) is 42.6 Å². The normalized spacial score (nSPS) is 25.4. The van der Waals surface area contributed by atoms with Gasteiger partial charge in [0.1, 0.15) is 6.61 Å². The highest BCUT2D eigenvalue weighted by molar-refractivity contribution is 7.10. The van der Waals surface area contributed by atoms with E-state index in [2.05, 4.69) is 19.6 Å². The van der Waals surface area contributed by atoms with Crippen LogP contribution in [0.4, 0.5) is 5.13 Å². The van der Waals surface area contributed by atoms with E-state index in [0.717, 1.165) is 41.3 Å². The summed E-state index contributed by atoms with van der Waals surface area (Å²) in [5.41, 5.74) is 3.20. The molecule has 9 nitrogen and oxygen atoms in total. The van der Waals surface area contributed by atoms with Gasteiger partial charge in [0.2, 0.25) is 11.0 Å². The molecule has 2 aliphatic heterocycles. The number of nitrogens with one attached hydrogen (secondary N) is 1. The van der Waals surface area contributed by atoms with Crippen molar-refractivity contribution in [3.63, 3.8) is 0 Å². The zero-order chi connectivity index (χ0) is 21.0. The molecule has 2 N–H and O–H groups in total. The van der Waals surface area contributed by atoms with Gasteiger partial charge in [-0.25, -0.2) is 4.79 Å². The van der Waals surface area contributed by atoms with Crippen LogP contribution in [0.3, 0.4) is 0 Å². The number of likely N-dealkylation sites (tertiary alicyclic amines) is 1. The molecule has 2 unspecified atom stereocenters. The number of benzene rings is 1. The minimum Gasteiger partial charge on any atom is -0.466 e. The maximum Gasteiger partial charge on any atom is 0.338 e. The fourth-order valence-electron chi connectivity index (χ4n) is 4.76. The van der Waals surface area contributed by atoms with Gasteiger partial charge in [-0.2, -0.15) is 4.98 Å². The number of hydrogen-bond acceptors (Lipinski definition) is 9. The van der Waals surface area contributed by atoms with Gasteiger partial charge in [0.05, 0.1) is 18.8 Å². The summed E-state index contributed by atoms with van der Waals surface area (Å²) in [6.07, 6.45) is -0.648. The first-order valence-electron chi connectivity index (χ1n) is 9.84. The van der Waals surface area contributed by atoms with E-state index in [-0.39, 0.29) is 30.4 Å². The number of carbonyl (C=O) groups excluding carboxylic acids is 2. The molecule has 10 heteroatoms. The molecule has 3 heterocycles. The minimum absolute atomic E-state index is 0.0156. The first kappa shape index (κ1) is 19.4. The number of aliphatic hydroxyl groups is 1. The summed E-state index contributed by atoms with van der Waals surface area (Å²) in [5.74, 6) is 0.268. The molecule has 2 aromatic rings. The van der Waals surface area contributed by atoms with E-state index in [1.807, 2.05) is 13.0 Å². The quantitative estimate of drug-likeness (QED) is 0.661. The van der Waals surface area contributed by atoms with E-state index in [9.17, 15) is 14.7 Å². The number of β-amino-alcohol motifs (C(OH)–C–C–N with tert-alkyl or cyclic N) is 1. The van der Waals surface area contributed by atoms with Gasteiger partial charge in [0.15, 0.2) is 0 Å². The summed E-state index contributed by atoms with van der Waals surface area (Å²) < 4.78 is 14.0. The summed E-state index contributed by atoms with van der Waals surface area (Å²) >= 11 is 1.10. The third-order valence-corrected chi connectivity index (χ3v) is 7.00. The lowest BCUT2D eigenvalue weighted by atomic mass is 9.95. The third-order valence-electron chi connectivity index (χ3n) is 6.39. The highest BCUT2D eigenvalue weighted by atomic mass is 32.1. The maximum atomic E-state index is 12.5. The number of hydrogen-bond donors (Lipinski definition) is 2. The number of aromatic nitrogens is 2. The first-order valence-corrected chi connectivity index (χ1v) is 10.6. The summed E-state index contributed by atoms with van der Waals surface area (Å²) in [4.78, 5) is 30.5. The molecular formula is C20H22N4O5S. The van der Waals surface area contributed by atoms with Crippen LogP contribution in [0.5, 0.6) is 6.01 Å². The van der Waals surface area contributed by atoms with E-state index in [0.29, 0.717) is 29.1 Å². The molecule has 2 fully saturated rings. The predicted molar refractivity (Wildman–Crippen MR) is 107 cm³/mol. The number of carbonyl (C=O) groups is 2. The minimum atomic E-state index is -0.648. The Balaban J connectivity index is 1.16. The number of esters is 1. The second kappa shape index (κ2) is 7.29. The van der Waals surface area contributed by atoms with E-state index in [1.54, 1.807) is 6.07 Å². The smallest absolute Gasteiger partial charge is 0.338 e. The van der Waals surface area contributed by atoms with Gasteiger partial charge in [0.25, 0.3) is 0 Å². The molecular weight excluding hydrogens is 408 g/mol. The van der Waals surface area contributed by atoms with Gasteiger partial charge in [-0.1, -0.05) is 6.07 Å². The maximum absolute atomic E-state index is 12.5. The Labute approximate surface area is 177 Å². The number of amides is 1. The number of anilines is 1. The molecule has 3 aliphatic rings. The molecule has 0 bridgehead atoms.